The van der Waals surface area contributed by atoms with Crippen molar-refractivity contribution >= 4 is 5.91 Å². The van der Waals surface area contributed by atoms with Crippen LogP contribution in [0.15, 0.2) is 60.7 Å². The summed E-state index contributed by atoms with van der Waals surface area (Å²) in [5.74, 6) is 0.782. The molecule has 2 aromatic carbocycles. The van der Waals surface area contributed by atoms with Crippen LogP contribution in [0, 0.1) is 0 Å². The first-order chi connectivity index (χ1) is 15.3. The van der Waals surface area contributed by atoms with E-state index in [0.29, 0.717) is 13.0 Å². The van der Waals surface area contributed by atoms with Crippen molar-refractivity contribution in [1.29, 1.82) is 0 Å². The van der Waals surface area contributed by atoms with E-state index in [2.05, 4.69) is 32.4 Å². The second-order valence-corrected chi connectivity index (χ2v) is 7.65. The van der Waals surface area contributed by atoms with Crippen LogP contribution in [0.25, 0.3) is 5.69 Å². The van der Waals surface area contributed by atoms with E-state index in [1.165, 1.54) is 5.56 Å². The van der Waals surface area contributed by atoms with Crippen molar-refractivity contribution in [3.63, 3.8) is 0 Å². The Morgan fingerprint density at radius 2 is 1.68 bits per heavy atom. The second kappa shape index (κ2) is 10.8. The van der Waals surface area contributed by atoms with Crippen LogP contribution < -0.4 is 5.32 Å². The lowest BCUT2D eigenvalue weighted by atomic mass is 10.1. The number of hydrogen-bond acceptors (Lipinski definition) is 5. The van der Waals surface area contributed by atoms with E-state index >= 15 is 0 Å². The zero-order valence-corrected chi connectivity index (χ0v) is 17.7. The van der Waals surface area contributed by atoms with E-state index in [4.69, 9.17) is 4.74 Å². The van der Waals surface area contributed by atoms with Gasteiger partial charge in [0.2, 0.25) is 5.82 Å². The Morgan fingerprint density at radius 1 is 0.968 bits per heavy atom. The molecular formula is C24H29N5O2. The van der Waals surface area contributed by atoms with Crippen LogP contribution in [0.3, 0.4) is 0 Å². The summed E-state index contributed by atoms with van der Waals surface area (Å²) in [6.07, 6.45) is 2.44. The van der Waals surface area contributed by atoms with Gasteiger partial charge in [0.1, 0.15) is 5.82 Å². The molecule has 7 nitrogen and oxygen atoms in total. The first-order valence-electron chi connectivity index (χ1n) is 10.9. The van der Waals surface area contributed by atoms with Gasteiger partial charge in [0.15, 0.2) is 0 Å². The quantitative estimate of drug-likeness (QED) is 0.540. The van der Waals surface area contributed by atoms with E-state index in [1.807, 2.05) is 48.5 Å². The molecule has 3 aromatic rings. The van der Waals surface area contributed by atoms with E-state index in [0.717, 1.165) is 57.2 Å². The van der Waals surface area contributed by atoms with Gasteiger partial charge in [-0.2, -0.15) is 0 Å². The molecule has 1 fully saturated rings. The third-order valence-corrected chi connectivity index (χ3v) is 5.40. The maximum atomic E-state index is 12.7. The minimum Gasteiger partial charge on any atom is -0.379 e. The first kappa shape index (κ1) is 21.2. The van der Waals surface area contributed by atoms with Crippen molar-refractivity contribution < 1.29 is 9.53 Å². The molecule has 1 N–H and O–H groups in total. The van der Waals surface area contributed by atoms with Crippen LogP contribution in [0.2, 0.25) is 0 Å². The number of aromatic nitrogens is 3. The number of ether oxygens (including phenoxy) is 1. The standard InChI is InChI=1S/C24H29N5O2/c30-24(25-14-7-15-28-16-18-31-19-17-28)23-26-22(13-12-20-8-3-1-4-9-20)29(27-23)21-10-5-2-6-11-21/h1-6,8-11H,7,12-19H2,(H,25,30). The lowest BCUT2D eigenvalue weighted by Crippen LogP contribution is -2.38. The third kappa shape index (κ3) is 5.99. The molecule has 0 atom stereocenters. The molecule has 4 rings (SSSR count). The van der Waals surface area contributed by atoms with Gasteiger partial charge in [-0.05, 0) is 37.1 Å². The number of benzene rings is 2. The molecule has 1 amide bonds. The molecule has 162 valence electrons. The van der Waals surface area contributed by atoms with Gasteiger partial charge in [0.25, 0.3) is 5.91 Å². The molecule has 31 heavy (non-hydrogen) atoms. The van der Waals surface area contributed by atoms with E-state index in [1.54, 1.807) is 4.68 Å². The number of carbonyl (C=O) groups excluding carboxylic acids is 1. The van der Waals surface area contributed by atoms with Crippen molar-refractivity contribution in [3.05, 3.63) is 77.9 Å². The Bertz CT molecular complexity index is 953. The zero-order valence-electron chi connectivity index (χ0n) is 17.7. The normalized spacial score (nSPS) is 14.5. The molecule has 0 saturated carbocycles. The molecule has 1 saturated heterocycles. The Labute approximate surface area is 183 Å². The smallest absolute Gasteiger partial charge is 0.290 e. The average Bonchev–Trinajstić information content (AvgIpc) is 3.27. The number of morpholine rings is 1. The second-order valence-electron chi connectivity index (χ2n) is 7.65. The fourth-order valence-electron chi connectivity index (χ4n) is 3.69. The van der Waals surface area contributed by atoms with Gasteiger partial charge in [0, 0.05) is 26.1 Å². The Kier molecular flexibility index (Phi) is 7.41. The topological polar surface area (TPSA) is 72.3 Å². The van der Waals surface area contributed by atoms with Gasteiger partial charge in [-0.1, -0.05) is 48.5 Å². The van der Waals surface area contributed by atoms with Crippen LogP contribution in [-0.4, -0.2) is 65.0 Å². The third-order valence-electron chi connectivity index (χ3n) is 5.40. The summed E-state index contributed by atoms with van der Waals surface area (Å²) in [7, 11) is 0. The zero-order chi connectivity index (χ0) is 21.3. The number of hydrogen-bond donors (Lipinski definition) is 1. The molecule has 1 aliphatic heterocycles. The van der Waals surface area contributed by atoms with Gasteiger partial charge < -0.3 is 10.1 Å². The predicted molar refractivity (Wildman–Crippen MR) is 119 cm³/mol. The minimum atomic E-state index is -0.224. The molecule has 0 radical (unpaired) electrons. The monoisotopic (exact) mass is 419 g/mol. The highest BCUT2D eigenvalue weighted by Crippen LogP contribution is 2.13. The summed E-state index contributed by atoms with van der Waals surface area (Å²) >= 11 is 0. The number of carbonyl (C=O) groups is 1. The maximum absolute atomic E-state index is 12.7. The van der Waals surface area contributed by atoms with Crippen LogP contribution in [-0.2, 0) is 17.6 Å². The number of nitrogens with zero attached hydrogens (tertiary/aromatic N) is 4. The van der Waals surface area contributed by atoms with Gasteiger partial charge in [-0.3, -0.25) is 9.69 Å². The number of rotatable bonds is 9. The van der Waals surface area contributed by atoms with Crippen molar-refractivity contribution in [2.24, 2.45) is 0 Å². The van der Waals surface area contributed by atoms with Crippen molar-refractivity contribution in [2.45, 2.75) is 19.3 Å². The Balaban J connectivity index is 1.39. The first-order valence-corrected chi connectivity index (χ1v) is 10.9. The van der Waals surface area contributed by atoms with E-state index < -0.39 is 0 Å². The van der Waals surface area contributed by atoms with Gasteiger partial charge >= 0.3 is 0 Å². The molecule has 7 heteroatoms. The highest BCUT2D eigenvalue weighted by Gasteiger charge is 2.17. The molecule has 0 aliphatic carbocycles. The Morgan fingerprint density at radius 3 is 2.42 bits per heavy atom. The van der Waals surface area contributed by atoms with Crippen molar-refractivity contribution in [3.8, 4) is 5.69 Å². The summed E-state index contributed by atoms with van der Waals surface area (Å²) < 4.78 is 7.15. The summed E-state index contributed by atoms with van der Waals surface area (Å²) in [6.45, 7) is 5.06. The minimum absolute atomic E-state index is 0.221. The van der Waals surface area contributed by atoms with Crippen molar-refractivity contribution in [2.75, 3.05) is 39.4 Å². The summed E-state index contributed by atoms with van der Waals surface area (Å²) in [4.78, 5) is 19.6. The molecule has 1 aromatic heterocycles. The van der Waals surface area contributed by atoms with Gasteiger partial charge in [-0.25, -0.2) is 9.67 Å². The highest BCUT2D eigenvalue weighted by atomic mass is 16.5. The number of aryl methyl sites for hydroxylation is 2. The maximum Gasteiger partial charge on any atom is 0.290 e. The summed E-state index contributed by atoms with van der Waals surface area (Å²) in [5.41, 5.74) is 2.14. The summed E-state index contributed by atoms with van der Waals surface area (Å²) in [6, 6.07) is 20.1. The van der Waals surface area contributed by atoms with Crippen LogP contribution in [0.1, 0.15) is 28.4 Å². The Hall–Kier alpha value is -3.03. The molecule has 0 bridgehead atoms. The van der Waals surface area contributed by atoms with Crippen LogP contribution >= 0.6 is 0 Å². The van der Waals surface area contributed by atoms with Crippen LogP contribution in [0.4, 0.5) is 0 Å². The SMILES string of the molecule is O=C(NCCCN1CCOCC1)c1nc(CCc2ccccc2)n(-c2ccccc2)n1. The van der Waals surface area contributed by atoms with Crippen molar-refractivity contribution in [1.82, 2.24) is 25.0 Å². The van der Waals surface area contributed by atoms with Gasteiger partial charge in [0.05, 0.1) is 18.9 Å². The lowest BCUT2D eigenvalue weighted by molar-refractivity contribution is 0.0374. The number of amides is 1. The predicted octanol–water partition coefficient (Wildman–Crippen LogP) is 2.50. The average molecular weight is 420 g/mol. The highest BCUT2D eigenvalue weighted by molar-refractivity contribution is 5.90. The fourth-order valence-corrected chi connectivity index (χ4v) is 3.69. The summed E-state index contributed by atoms with van der Waals surface area (Å²) in [5, 5.41) is 7.50. The number of nitrogens with one attached hydrogen (secondary N) is 1. The molecule has 1 aliphatic rings. The molecule has 0 spiro atoms. The fraction of sp³-hybridized carbons (Fsp3) is 0.375. The van der Waals surface area contributed by atoms with E-state index in [-0.39, 0.29) is 11.7 Å². The van der Waals surface area contributed by atoms with Gasteiger partial charge in [-0.15, -0.1) is 5.10 Å². The largest absolute Gasteiger partial charge is 0.379 e. The lowest BCUT2D eigenvalue weighted by Gasteiger charge is -2.26. The van der Waals surface area contributed by atoms with Crippen LogP contribution in [0.5, 0.6) is 0 Å². The molecular weight excluding hydrogens is 390 g/mol. The molecule has 0 unspecified atom stereocenters. The molecule has 2 heterocycles. The number of para-hydroxylation sites is 1. The van der Waals surface area contributed by atoms with E-state index in [9.17, 15) is 4.79 Å².